The highest BCUT2D eigenvalue weighted by Crippen LogP contribution is 2.35. The Labute approximate surface area is 114 Å². The van der Waals surface area contributed by atoms with Crippen LogP contribution in [0.2, 0.25) is 0 Å². The number of benzene rings is 1. The highest BCUT2D eigenvalue weighted by molar-refractivity contribution is 5.48. The molecule has 1 N–H and O–H groups in total. The molecule has 2 aliphatic rings. The molecule has 0 radical (unpaired) electrons. The number of nitrogens with zero attached hydrogens (tertiary/aromatic N) is 1. The first-order valence-electron chi connectivity index (χ1n) is 7.15. The molecule has 0 saturated carbocycles. The monoisotopic (exact) mass is 262 g/mol. The quantitative estimate of drug-likeness (QED) is 0.908. The second kappa shape index (κ2) is 5.39. The van der Waals surface area contributed by atoms with Crippen LogP contribution in [0.1, 0.15) is 38.7 Å². The summed E-state index contributed by atoms with van der Waals surface area (Å²) < 4.78 is 11.0. The molecule has 4 heteroatoms. The van der Waals surface area contributed by atoms with Crippen molar-refractivity contribution in [2.24, 2.45) is 0 Å². The topological polar surface area (TPSA) is 33.7 Å². The van der Waals surface area contributed by atoms with Gasteiger partial charge >= 0.3 is 0 Å². The zero-order valence-corrected chi connectivity index (χ0v) is 11.7. The van der Waals surface area contributed by atoms with E-state index in [2.05, 4.69) is 30.3 Å². The number of hydrazine groups is 1. The largest absolute Gasteiger partial charge is 0.454 e. The van der Waals surface area contributed by atoms with E-state index in [1.165, 1.54) is 24.8 Å². The van der Waals surface area contributed by atoms with Crippen LogP contribution in [0.4, 0.5) is 0 Å². The van der Waals surface area contributed by atoms with Crippen LogP contribution in [0, 0.1) is 0 Å². The lowest BCUT2D eigenvalue weighted by molar-refractivity contribution is 0.0432. The smallest absolute Gasteiger partial charge is 0.231 e. The average Bonchev–Trinajstić information content (AvgIpc) is 2.87. The Kier molecular flexibility index (Phi) is 3.62. The number of hydrogen-bond acceptors (Lipinski definition) is 4. The molecule has 1 saturated heterocycles. The molecule has 0 aliphatic carbocycles. The summed E-state index contributed by atoms with van der Waals surface area (Å²) in [5.74, 6) is 1.76. The van der Waals surface area contributed by atoms with Crippen molar-refractivity contribution in [1.82, 2.24) is 10.4 Å². The molecule has 104 valence electrons. The molecule has 2 heterocycles. The first-order valence-corrected chi connectivity index (χ1v) is 7.15. The van der Waals surface area contributed by atoms with Gasteiger partial charge in [0.05, 0.1) is 0 Å². The fourth-order valence-corrected chi connectivity index (χ4v) is 3.04. The molecule has 4 nitrogen and oxygen atoms in total. The third kappa shape index (κ3) is 2.55. The zero-order chi connectivity index (χ0) is 13.2. The minimum absolute atomic E-state index is 0.336. The van der Waals surface area contributed by atoms with Crippen LogP contribution in [0.25, 0.3) is 0 Å². The average molecular weight is 262 g/mol. The molecule has 0 aromatic heterocycles. The normalized spacial score (nSPS) is 26.6. The minimum Gasteiger partial charge on any atom is -0.454 e. The Hall–Kier alpha value is -1.26. The molecule has 1 aromatic rings. The molecule has 1 aromatic carbocycles. The van der Waals surface area contributed by atoms with Gasteiger partial charge in [-0.15, -0.1) is 0 Å². The van der Waals surface area contributed by atoms with Gasteiger partial charge in [0, 0.05) is 24.2 Å². The highest BCUT2D eigenvalue weighted by Gasteiger charge is 2.25. The fraction of sp³-hybridized carbons (Fsp3) is 0.600. The third-order valence-electron chi connectivity index (χ3n) is 4.12. The van der Waals surface area contributed by atoms with Crippen LogP contribution in [0.5, 0.6) is 11.5 Å². The minimum atomic E-state index is 0.336. The van der Waals surface area contributed by atoms with Crippen LogP contribution in [0.15, 0.2) is 18.2 Å². The molecule has 3 rings (SSSR count). The van der Waals surface area contributed by atoms with Crippen LogP contribution in [-0.2, 0) is 6.54 Å². The maximum absolute atomic E-state index is 5.54. The number of hydrogen-bond donors (Lipinski definition) is 1. The van der Waals surface area contributed by atoms with E-state index < -0.39 is 0 Å². The van der Waals surface area contributed by atoms with Crippen LogP contribution in [0.3, 0.4) is 0 Å². The van der Waals surface area contributed by atoms with Gasteiger partial charge in [-0.2, -0.15) is 0 Å². The first kappa shape index (κ1) is 12.8. The van der Waals surface area contributed by atoms with Crippen molar-refractivity contribution in [3.8, 4) is 11.5 Å². The van der Waals surface area contributed by atoms with Crippen molar-refractivity contribution in [3.05, 3.63) is 23.8 Å². The molecule has 2 atom stereocenters. The number of ether oxygens (including phenoxy) is 2. The van der Waals surface area contributed by atoms with Crippen molar-refractivity contribution in [1.29, 1.82) is 0 Å². The Morgan fingerprint density at radius 3 is 2.79 bits per heavy atom. The van der Waals surface area contributed by atoms with Crippen molar-refractivity contribution >= 4 is 0 Å². The Balaban J connectivity index is 1.67. The number of fused-ring (bicyclic) bond motifs is 1. The van der Waals surface area contributed by atoms with Crippen molar-refractivity contribution < 1.29 is 9.47 Å². The predicted octanol–water partition coefficient (Wildman–Crippen LogP) is 2.68. The van der Waals surface area contributed by atoms with E-state index in [-0.39, 0.29) is 0 Å². The molecular formula is C15H22N2O2. The second-order valence-electron chi connectivity index (χ2n) is 5.52. The summed E-state index contributed by atoms with van der Waals surface area (Å²) in [5.41, 5.74) is 4.73. The molecule has 1 fully saturated rings. The number of piperidine rings is 1. The maximum atomic E-state index is 5.54. The van der Waals surface area contributed by atoms with E-state index in [1.807, 2.05) is 12.1 Å². The zero-order valence-electron chi connectivity index (χ0n) is 11.7. The molecule has 19 heavy (non-hydrogen) atoms. The standard InChI is InChI=1S/C15H22N2O2/c1-11-5-3-6-12(2)17(11)16-9-13-7-4-8-14-15(13)19-10-18-14/h4,7-8,11-12,16H,3,5-6,9-10H2,1-2H3. The summed E-state index contributed by atoms with van der Waals surface area (Å²) in [6.45, 7) is 5.71. The van der Waals surface area contributed by atoms with Crippen molar-refractivity contribution in [2.75, 3.05) is 6.79 Å². The van der Waals surface area contributed by atoms with Gasteiger partial charge in [-0.25, -0.2) is 5.01 Å². The number of para-hydroxylation sites is 1. The lowest BCUT2D eigenvalue weighted by atomic mass is 10.00. The van der Waals surface area contributed by atoms with E-state index in [0.717, 1.165) is 18.0 Å². The van der Waals surface area contributed by atoms with Gasteiger partial charge < -0.3 is 9.47 Å². The third-order valence-corrected chi connectivity index (χ3v) is 4.12. The maximum Gasteiger partial charge on any atom is 0.231 e. The molecule has 0 amide bonds. The number of rotatable bonds is 3. The van der Waals surface area contributed by atoms with Gasteiger partial charge in [0.2, 0.25) is 6.79 Å². The van der Waals surface area contributed by atoms with Gasteiger partial charge in [-0.05, 0) is 32.8 Å². The van der Waals surface area contributed by atoms with E-state index in [9.17, 15) is 0 Å². The predicted molar refractivity (Wildman–Crippen MR) is 74.0 cm³/mol. The van der Waals surface area contributed by atoms with E-state index in [4.69, 9.17) is 9.47 Å². The molecule has 0 spiro atoms. The van der Waals surface area contributed by atoms with Crippen LogP contribution < -0.4 is 14.9 Å². The second-order valence-corrected chi connectivity index (χ2v) is 5.52. The van der Waals surface area contributed by atoms with E-state index in [1.54, 1.807) is 0 Å². The van der Waals surface area contributed by atoms with Crippen LogP contribution >= 0.6 is 0 Å². The van der Waals surface area contributed by atoms with Gasteiger partial charge in [0.15, 0.2) is 11.5 Å². The first-order chi connectivity index (χ1) is 9.25. The van der Waals surface area contributed by atoms with E-state index >= 15 is 0 Å². The summed E-state index contributed by atoms with van der Waals surface area (Å²) in [4.78, 5) is 0. The van der Waals surface area contributed by atoms with Gasteiger partial charge in [-0.1, -0.05) is 18.6 Å². The van der Waals surface area contributed by atoms with Crippen molar-refractivity contribution in [3.63, 3.8) is 0 Å². The Bertz CT molecular complexity index is 440. The summed E-state index contributed by atoms with van der Waals surface area (Å²) >= 11 is 0. The Morgan fingerprint density at radius 2 is 2.00 bits per heavy atom. The SMILES string of the molecule is CC1CCCC(C)N1NCc1cccc2c1OCO2. The number of nitrogens with one attached hydrogen (secondary N) is 1. The molecule has 2 unspecified atom stereocenters. The van der Waals surface area contributed by atoms with Gasteiger partial charge in [-0.3, -0.25) is 5.43 Å². The van der Waals surface area contributed by atoms with Crippen molar-refractivity contribution in [2.45, 2.75) is 51.7 Å². The highest BCUT2D eigenvalue weighted by atomic mass is 16.7. The summed E-state index contributed by atoms with van der Waals surface area (Å²) in [6.07, 6.45) is 3.87. The lowest BCUT2D eigenvalue weighted by Gasteiger charge is -2.39. The van der Waals surface area contributed by atoms with E-state index in [0.29, 0.717) is 18.9 Å². The fourth-order valence-electron chi connectivity index (χ4n) is 3.04. The molecule has 2 aliphatic heterocycles. The lowest BCUT2D eigenvalue weighted by Crippen LogP contribution is -2.51. The van der Waals surface area contributed by atoms with Gasteiger partial charge in [0.1, 0.15) is 0 Å². The summed E-state index contributed by atoms with van der Waals surface area (Å²) in [6, 6.07) is 7.26. The summed E-state index contributed by atoms with van der Waals surface area (Å²) in [5, 5.41) is 2.39. The molecular weight excluding hydrogens is 240 g/mol. The summed E-state index contributed by atoms with van der Waals surface area (Å²) in [7, 11) is 0. The van der Waals surface area contributed by atoms with Gasteiger partial charge in [0.25, 0.3) is 0 Å². The Morgan fingerprint density at radius 1 is 1.21 bits per heavy atom. The van der Waals surface area contributed by atoms with Crippen LogP contribution in [-0.4, -0.2) is 23.9 Å². The molecule has 0 bridgehead atoms.